The molecule has 47 heavy (non-hydrogen) atoms. The maximum absolute atomic E-state index is 13.1. The van der Waals surface area contributed by atoms with E-state index >= 15 is 0 Å². The molecule has 1 unspecified atom stereocenters. The van der Waals surface area contributed by atoms with Crippen molar-refractivity contribution in [2.45, 2.75) is 81.3 Å². The molecular formula is C36H46ClN3O6S. The van der Waals surface area contributed by atoms with Gasteiger partial charge in [0.15, 0.2) is 4.90 Å². The molecule has 1 heterocycles. The van der Waals surface area contributed by atoms with Crippen molar-refractivity contribution in [3.63, 3.8) is 0 Å². The zero-order chi connectivity index (χ0) is 33.8. The summed E-state index contributed by atoms with van der Waals surface area (Å²) in [4.78, 5) is 30.5. The molecule has 5 atom stereocenters. The number of halogens is 1. The predicted molar refractivity (Wildman–Crippen MR) is 186 cm³/mol. The van der Waals surface area contributed by atoms with Gasteiger partial charge in [-0.3, -0.25) is 9.59 Å². The summed E-state index contributed by atoms with van der Waals surface area (Å²) < 4.78 is 34.1. The van der Waals surface area contributed by atoms with E-state index in [4.69, 9.17) is 25.8 Å². The van der Waals surface area contributed by atoms with Crippen LogP contribution in [0.25, 0.3) is 0 Å². The van der Waals surface area contributed by atoms with Crippen LogP contribution in [0.5, 0.6) is 5.75 Å². The second kappa shape index (κ2) is 15.1. The molecule has 1 aliphatic heterocycles. The number of nitrogens with zero attached hydrogens (tertiary/aromatic N) is 2. The number of hydrogen-bond donors (Lipinski definition) is 1. The first-order chi connectivity index (χ1) is 22.5. The number of aryl methyl sites for hydroxylation is 1. The summed E-state index contributed by atoms with van der Waals surface area (Å²) in [5.74, 6) is 0.683. The number of carbonyl (C=O) groups excluding carboxylic acids is 2. The van der Waals surface area contributed by atoms with Gasteiger partial charge in [0.2, 0.25) is 0 Å². The van der Waals surface area contributed by atoms with Gasteiger partial charge in [-0.15, -0.1) is 0 Å². The summed E-state index contributed by atoms with van der Waals surface area (Å²) in [6.45, 7) is 10.7. The molecule has 1 spiro atoms. The lowest BCUT2D eigenvalue weighted by Crippen LogP contribution is -2.49. The van der Waals surface area contributed by atoms with Crippen molar-refractivity contribution in [3.8, 4) is 5.75 Å². The third-order valence-corrected chi connectivity index (χ3v) is 11.2. The van der Waals surface area contributed by atoms with Gasteiger partial charge in [-0.05, 0) is 99.9 Å². The highest BCUT2D eigenvalue weighted by Crippen LogP contribution is 2.47. The standard InChI is InChI=1S/C36H46ClN3O6S/c1-6-33(41)39-47(43)27-13-16-32-30(20-27)40(22-36(23-45-32)17-7-9-24-19-26(37)12-15-29(24)36)21-25-11-14-28(25)31(44-5)10-8-18-46-35(2,3)34(42)38-4/h8,10,12-13,15-16,19-20,25,28,31H,4,6-7,9,11,14,17-18,21-23H2,1-3,5H3,(H,39,41)/b10-8+/t25-,28+,31-,36-,47?/m0/s1. The Balaban J connectivity index is 1.41. The van der Waals surface area contributed by atoms with E-state index in [2.05, 4.69) is 33.5 Å². The third-order valence-electron chi connectivity index (χ3n) is 9.90. The minimum Gasteiger partial charge on any atom is -0.588 e. The topological polar surface area (TPSA) is 113 Å². The van der Waals surface area contributed by atoms with E-state index in [9.17, 15) is 14.1 Å². The first-order valence-corrected chi connectivity index (χ1v) is 17.9. The Morgan fingerprint density at radius 2 is 2.11 bits per heavy atom. The number of anilines is 1. The lowest BCUT2D eigenvalue weighted by molar-refractivity contribution is -0.137. The minimum atomic E-state index is -1.68. The number of fused-ring (bicyclic) bond motifs is 3. The van der Waals surface area contributed by atoms with Gasteiger partial charge in [0.25, 0.3) is 11.8 Å². The van der Waals surface area contributed by atoms with Gasteiger partial charge in [-0.25, -0.2) is 4.99 Å². The Hall–Kier alpha value is -2.89. The fourth-order valence-electron chi connectivity index (χ4n) is 7.08. The predicted octanol–water partition coefficient (Wildman–Crippen LogP) is 5.98. The first kappa shape index (κ1) is 35.4. The second-order valence-corrected chi connectivity index (χ2v) is 14.9. The maximum atomic E-state index is 13.1. The zero-order valence-electron chi connectivity index (χ0n) is 27.8. The molecule has 2 amide bonds. The van der Waals surface area contributed by atoms with Crippen LogP contribution in [0.4, 0.5) is 5.69 Å². The van der Waals surface area contributed by atoms with Crippen LogP contribution < -0.4 is 14.4 Å². The number of carbonyl (C=O) groups is 2. The smallest absolute Gasteiger partial charge is 0.276 e. The van der Waals surface area contributed by atoms with Crippen LogP contribution >= 0.6 is 11.6 Å². The molecule has 1 N–H and O–H groups in total. The Morgan fingerprint density at radius 1 is 1.30 bits per heavy atom. The fraction of sp³-hybridized carbons (Fsp3) is 0.528. The molecule has 2 aliphatic carbocycles. The van der Waals surface area contributed by atoms with Crippen molar-refractivity contribution >= 4 is 47.2 Å². The largest absolute Gasteiger partial charge is 0.588 e. The van der Waals surface area contributed by atoms with E-state index in [1.807, 2.05) is 30.4 Å². The number of methoxy groups -OCH3 is 1. The number of aliphatic imine (C=N–C) groups is 1. The van der Waals surface area contributed by atoms with Crippen molar-refractivity contribution in [2.24, 2.45) is 16.8 Å². The van der Waals surface area contributed by atoms with Crippen LogP contribution in [-0.4, -0.2) is 68.2 Å². The van der Waals surface area contributed by atoms with Crippen LogP contribution in [0.15, 0.2) is 58.4 Å². The molecule has 2 aromatic carbocycles. The van der Waals surface area contributed by atoms with Gasteiger partial charge in [-0.1, -0.05) is 36.7 Å². The van der Waals surface area contributed by atoms with Gasteiger partial charge in [0.05, 0.1) is 25.0 Å². The van der Waals surface area contributed by atoms with Crippen molar-refractivity contribution in [1.29, 1.82) is 0 Å². The monoisotopic (exact) mass is 683 g/mol. The zero-order valence-corrected chi connectivity index (χ0v) is 29.3. The number of amides is 2. The van der Waals surface area contributed by atoms with Crippen molar-refractivity contribution in [1.82, 2.24) is 4.72 Å². The minimum absolute atomic E-state index is 0.119. The molecule has 3 aliphatic rings. The SMILES string of the molecule is C=NC(=O)C(C)(C)OC/C=C/[C@H](OC)[C@@H]1CC[C@H]1CN1C[C@@]2(CCCc3cc(Cl)ccc32)COc2ccc([S+]([O-])NC(=O)CC)cc21. The highest BCUT2D eigenvalue weighted by atomic mass is 35.5. The molecule has 0 aromatic heterocycles. The molecule has 0 saturated heterocycles. The summed E-state index contributed by atoms with van der Waals surface area (Å²) in [7, 11) is 1.72. The second-order valence-electron chi connectivity index (χ2n) is 13.3. The molecule has 0 bridgehead atoms. The highest BCUT2D eigenvalue weighted by molar-refractivity contribution is 7.90. The average Bonchev–Trinajstić information content (AvgIpc) is 3.20. The molecule has 9 nitrogen and oxygen atoms in total. The summed E-state index contributed by atoms with van der Waals surface area (Å²) in [6, 6.07) is 11.8. The molecule has 1 saturated carbocycles. The molecule has 1 fully saturated rings. The maximum Gasteiger partial charge on any atom is 0.276 e. The van der Waals surface area contributed by atoms with Gasteiger partial charge >= 0.3 is 0 Å². The van der Waals surface area contributed by atoms with Crippen molar-refractivity contribution in [3.05, 3.63) is 64.7 Å². The Bertz CT molecular complexity index is 1500. The summed E-state index contributed by atoms with van der Waals surface area (Å²) in [5.41, 5.74) is 2.14. The normalized spacial score (nSPS) is 23.6. The Labute approximate surface area is 286 Å². The van der Waals surface area contributed by atoms with Crippen LogP contribution in [0, 0.1) is 11.8 Å². The van der Waals surface area contributed by atoms with Crippen LogP contribution in [0.2, 0.25) is 5.02 Å². The number of rotatable bonds is 12. The van der Waals surface area contributed by atoms with E-state index in [0.29, 0.717) is 17.4 Å². The van der Waals surface area contributed by atoms with E-state index < -0.39 is 22.9 Å². The molecule has 254 valence electrons. The van der Waals surface area contributed by atoms with E-state index in [1.54, 1.807) is 33.9 Å². The number of benzene rings is 2. The van der Waals surface area contributed by atoms with E-state index in [0.717, 1.165) is 61.7 Å². The summed E-state index contributed by atoms with van der Waals surface area (Å²) >= 11 is 4.74. The Morgan fingerprint density at radius 3 is 2.81 bits per heavy atom. The summed E-state index contributed by atoms with van der Waals surface area (Å²) in [6.07, 6.45) is 9.14. The molecule has 2 aromatic rings. The Kier molecular flexibility index (Phi) is 11.4. The lowest BCUT2D eigenvalue weighted by Gasteiger charge is -2.46. The first-order valence-electron chi connectivity index (χ1n) is 16.4. The van der Waals surface area contributed by atoms with Gasteiger partial charge < -0.3 is 23.7 Å². The molecular weight excluding hydrogens is 638 g/mol. The van der Waals surface area contributed by atoms with Crippen molar-refractivity contribution in [2.75, 3.05) is 38.3 Å². The third kappa shape index (κ3) is 7.89. The van der Waals surface area contributed by atoms with Crippen LogP contribution in [0.3, 0.4) is 0 Å². The van der Waals surface area contributed by atoms with Gasteiger partial charge in [0, 0.05) is 43.1 Å². The van der Waals surface area contributed by atoms with Crippen LogP contribution in [-0.2, 0) is 42.3 Å². The summed E-state index contributed by atoms with van der Waals surface area (Å²) in [5, 5.41) is 0.741. The van der Waals surface area contributed by atoms with Gasteiger partial charge in [-0.2, -0.15) is 4.72 Å². The number of nitrogens with one attached hydrogen (secondary N) is 1. The van der Waals surface area contributed by atoms with Crippen molar-refractivity contribution < 1.29 is 28.4 Å². The van der Waals surface area contributed by atoms with Crippen LogP contribution in [0.1, 0.15) is 64.0 Å². The quantitative estimate of drug-likeness (QED) is 0.166. The number of hydrogen-bond acceptors (Lipinski definition) is 7. The molecule has 11 heteroatoms. The molecule has 0 radical (unpaired) electrons. The van der Waals surface area contributed by atoms with E-state index in [-0.39, 0.29) is 36.4 Å². The molecule has 5 rings (SSSR count). The highest BCUT2D eigenvalue weighted by Gasteiger charge is 2.44. The van der Waals surface area contributed by atoms with E-state index in [1.165, 1.54) is 11.1 Å². The number of ether oxygens (including phenoxy) is 3. The lowest BCUT2D eigenvalue weighted by atomic mass is 9.68. The average molecular weight is 684 g/mol. The van der Waals surface area contributed by atoms with Gasteiger partial charge in [0.1, 0.15) is 22.7 Å². The fourth-order valence-corrected chi connectivity index (χ4v) is 8.15.